The smallest absolute Gasteiger partial charge is 0.337 e. The minimum atomic E-state index is -1.02. The fourth-order valence-electron chi connectivity index (χ4n) is 1.40. The molecule has 1 rings (SSSR count). The molecule has 0 spiro atoms. The van der Waals surface area contributed by atoms with Crippen LogP contribution in [0.15, 0.2) is 18.3 Å². The van der Waals surface area contributed by atoms with E-state index in [1.54, 1.807) is 18.0 Å². The molecule has 0 fully saturated rings. The van der Waals surface area contributed by atoms with E-state index in [0.29, 0.717) is 5.82 Å². The molecule has 0 atom stereocenters. The summed E-state index contributed by atoms with van der Waals surface area (Å²) < 4.78 is 0. The van der Waals surface area contributed by atoms with Gasteiger partial charge in [0.15, 0.2) is 0 Å². The van der Waals surface area contributed by atoms with Gasteiger partial charge in [-0.15, -0.1) is 0 Å². The van der Waals surface area contributed by atoms with Crippen molar-refractivity contribution in [3.8, 4) is 0 Å². The first-order valence-corrected chi connectivity index (χ1v) is 5.60. The molecule has 0 radical (unpaired) electrons. The number of carbonyl (C=O) groups is 2. The van der Waals surface area contributed by atoms with Gasteiger partial charge in [-0.05, 0) is 26.0 Å². The van der Waals surface area contributed by atoms with Crippen LogP contribution in [-0.4, -0.2) is 41.6 Å². The van der Waals surface area contributed by atoms with Crippen molar-refractivity contribution in [2.45, 2.75) is 19.9 Å². The SMILES string of the molecule is CC(C)NC(=O)CN(C)c1ccc(C(=O)O)cn1. The molecular weight excluding hydrogens is 234 g/mol. The number of hydrogen-bond donors (Lipinski definition) is 2. The topological polar surface area (TPSA) is 82.5 Å². The highest BCUT2D eigenvalue weighted by Gasteiger charge is 2.10. The number of carboxylic acids is 1. The number of carbonyl (C=O) groups excluding carboxylic acids is 1. The second kappa shape index (κ2) is 6.00. The van der Waals surface area contributed by atoms with Crippen LogP contribution in [0.4, 0.5) is 5.82 Å². The highest BCUT2D eigenvalue weighted by atomic mass is 16.4. The lowest BCUT2D eigenvalue weighted by molar-refractivity contribution is -0.120. The molecule has 18 heavy (non-hydrogen) atoms. The fourth-order valence-corrected chi connectivity index (χ4v) is 1.40. The molecule has 1 amide bonds. The molecule has 0 aromatic carbocycles. The first-order chi connectivity index (χ1) is 8.40. The molecule has 0 bridgehead atoms. The van der Waals surface area contributed by atoms with Crippen molar-refractivity contribution in [3.63, 3.8) is 0 Å². The standard InChI is InChI=1S/C12H17N3O3/c1-8(2)14-11(16)7-15(3)10-5-4-9(6-13-10)12(17)18/h4-6,8H,7H2,1-3H3,(H,14,16)(H,17,18). The van der Waals surface area contributed by atoms with Crippen LogP contribution in [0.1, 0.15) is 24.2 Å². The average Bonchev–Trinajstić information content (AvgIpc) is 2.27. The molecule has 1 aromatic heterocycles. The van der Waals surface area contributed by atoms with Gasteiger partial charge in [0.25, 0.3) is 0 Å². The van der Waals surface area contributed by atoms with E-state index >= 15 is 0 Å². The Labute approximate surface area is 106 Å². The number of nitrogens with one attached hydrogen (secondary N) is 1. The summed E-state index contributed by atoms with van der Waals surface area (Å²) in [5.74, 6) is -0.565. The van der Waals surface area contributed by atoms with E-state index in [2.05, 4.69) is 10.3 Å². The zero-order valence-electron chi connectivity index (χ0n) is 10.7. The lowest BCUT2D eigenvalue weighted by Gasteiger charge is -2.18. The van der Waals surface area contributed by atoms with Gasteiger partial charge in [0, 0.05) is 19.3 Å². The number of aromatic carboxylic acids is 1. The van der Waals surface area contributed by atoms with E-state index in [-0.39, 0.29) is 24.1 Å². The molecule has 1 aromatic rings. The molecule has 98 valence electrons. The molecule has 6 heteroatoms. The lowest BCUT2D eigenvalue weighted by Crippen LogP contribution is -2.38. The van der Waals surface area contributed by atoms with Gasteiger partial charge in [0.05, 0.1) is 12.1 Å². The van der Waals surface area contributed by atoms with E-state index in [1.165, 1.54) is 12.3 Å². The number of pyridine rings is 1. The Balaban J connectivity index is 2.64. The minimum Gasteiger partial charge on any atom is -0.478 e. The van der Waals surface area contributed by atoms with Gasteiger partial charge in [0.2, 0.25) is 5.91 Å². The molecule has 0 aliphatic rings. The van der Waals surface area contributed by atoms with Gasteiger partial charge in [-0.2, -0.15) is 0 Å². The molecule has 0 aliphatic heterocycles. The van der Waals surface area contributed by atoms with Crippen LogP contribution < -0.4 is 10.2 Å². The molecule has 0 saturated carbocycles. The van der Waals surface area contributed by atoms with E-state index in [4.69, 9.17) is 5.11 Å². The maximum atomic E-state index is 11.5. The normalized spacial score (nSPS) is 10.2. The second-order valence-corrected chi connectivity index (χ2v) is 4.29. The monoisotopic (exact) mass is 251 g/mol. The Bertz CT molecular complexity index is 429. The minimum absolute atomic E-state index is 0.0910. The summed E-state index contributed by atoms with van der Waals surface area (Å²) in [7, 11) is 1.72. The summed E-state index contributed by atoms with van der Waals surface area (Å²) >= 11 is 0. The zero-order chi connectivity index (χ0) is 13.7. The molecule has 0 unspecified atom stereocenters. The average molecular weight is 251 g/mol. The summed E-state index contributed by atoms with van der Waals surface area (Å²) in [5, 5.41) is 11.5. The van der Waals surface area contributed by atoms with Crippen LogP contribution in [0.5, 0.6) is 0 Å². The van der Waals surface area contributed by atoms with Crippen LogP contribution in [0, 0.1) is 0 Å². The van der Waals surface area contributed by atoms with Gasteiger partial charge in [-0.1, -0.05) is 0 Å². The summed E-state index contributed by atoms with van der Waals surface area (Å²) in [6.07, 6.45) is 1.27. The van der Waals surface area contributed by atoms with Gasteiger partial charge in [0.1, 0.15) is 5.82 Å². The van der Waals surface area contributed by atoms with Crippen LogP contribution in [-0.2, 0) is 4.79 Å². The van der Waals surface area contributed by atoms with Gasteiger partial charge in [-0.3, -0.25) is 4.79 Å². The number of carboxylic acid groups (broad SMARTS) is 1. The van der Waals surface area contributed by atoms with Crippen LogP contribution in [0.3, 0.4) is 0 Å². The number of amides is 1. The number of rotatable bonds is 5. The van der Waals surface area contributed by atoms with Gasteiger partial charge in [-0.25, -0.2) is 9.78 Å². The second-order valence-electron chi connectivity index (χ2n) is 4.29. The van der Waals surface area contributed by atoms with Crippen LogP contribution >= 0.6 is 0 Å². The van der Waals surface area contributed by atoms with Crippen molar-refractivity contribution in [3.05, 3.63) is 23.9 Å². The maximum Gasteiger partial charge on any atom is 0.337 e. The number of likely N-dealkylation sites (N-methyl/N-ethyl adjacent to an activating group) is 1. The third kappa shape index (κ3) is 4.04. The molecular formula is C12H17N3O3. The van der Waals surface area contributed by atoms with Gasteiger partial charge >= 0.3 is 5.97 Å². The highest BCUT2D eigenvalue weighted by molar-refractivity contribution is 5.87. The summed E-state index contributed by atoms with van der Waals surface area (Å²) in [4.78, 5) is 27.9. The summed E-state index contributed by atoms with van der Waals surface area (Å²) in [5.41, 5.74) is 0.124. The third-order valence-corrected chi connectivity index (χ3v) is 2.22. The third-order valence-electron chi connectivity index (χ3n) is 2.22. The Morgan fingerprint density at radius 2 is 2.11 bits per heavy atom. The Kier molecular flexibility index (Phi) is 4.65. The number of aromatic nitrogens is 1. The maximum absolute atomic E-state index is 11.5. The Morgan fingerprint density at radius 3 is 2.56 bits per heavy atom. The molecule has 1 heterocycles. The zero-order valence-corrected chi connectivity index (χ0v) is 10.7. The molecule has 6 nitrogen and oxygen atoms in total. The molecule has 0 saturated heterocycles. The molecule has 0 aliphatic carbocycles. The van der Waals surface area contributed by atoms with Crippen molar-refractivity contribution in [2.24, 2.45) is 0 Å². The quantitative estimate of drug-likeness (QED) is 0.806. The largest absolute Gasteiger partial charge is 0.478 e. The van der Waals surface area contributed by atoms with Crippen molar-refractivity contribution in [1.29, 1.82) is 0 Å². The van der Waals surface area contributed by atoms with Crippen LogP contribution in [0.25, 0.3) is 0 Å². The van der Waals surface area contributed by atoms with Crippen molar-refractivity contribution >= 4 is 17.7 Å². The fraction of sp³-hybridized carbons (Fsp3) is 0.417. The summed E-state index contributed by atoms with van der Waals surface area (Å²) in [6.45, 7) is 3.95. The number of anilines is 1. The predicted octanol–water partition coefficient (Wildman–Crippen LogP) is 0.741. The van der Waals surface area contributed by atoms with Crippen molar-refractivity contribution in [2.75, 3.05) is 18.5 Å². The first-order valence-electron chi connectivity index (χ1n) is 5.60. The Hall–Kier alpha value is -2.11. The lowest BCUT2D eigenvalue weighted by atomic mass is 10.3. The highest BCUT2D eigenvalue weighted by Crippen LogP contribution is 2.09. The predicted molar refractivity (Wildman–Crippen MR) is 67.7 cm³/mol. The van der Waals surface area contributed by atoms with E-state index in [1.807, 2.05) is 13.8 Å². The van der Waals surface area contributed by atoms with E-state index < -0.39 is 5.97 Å². The summed E-state index contributed by atoms with van der Waals surface area (Å²) in [6, 6.07) is 3.13. The van der Waals surface area contributed by atoms with E-state index in [9.17, 15) is 9.59 Å². The molecule has 2 N–H and O–H groups in total. The van der Waals surface area contributed by atoms with Gasteiger partial charge < -0.3 is 15.3 Å². The van der Waals surface area contributed by atoms with Crippen molar-refractivity contribution in [1.82, 2.24) is 10.3 Å². The number of hydrogen-bond acceptors (Lipinski definition) is 4. The van der Waals surface area contributed by atoms with Crippen molar-refractivity contribution < 1.29 is 14.7 Å². The number of nitrogens with zero attached hydrogens (tertiary/aromatic N) is 2. The first kappa shape index (κ1) is 14.0. The van der Waals surface area contributed by atoms with Crippen LogP contribution in [0.2, 0.25) is 0 Å². The van der Waals surface area contributed by atoms with E-state index in [0.717, 1.165) is 0 Å². The Morgan fingerprint density at radius 1 is 1.44 bits per heavy atom.